The Morgan fingerprint density at radius 3 is 2.42 bits per heavy atom. The molecule has 0 saturated carbocycles. The Bertz CT molecular complexity index is 685. The fraction of sp³-hybridized carbons (Fsp3) is 0.444. The number of guanidine groups is 1. The van der Waals surface area contributed by atoms with Gasteiger partial charge in [0.25, 0.3) is 0 Å². The molecule has 0 spiro atoms. The first kappa shape index (κ1) is 18.3. The number of aromatic nitrogens is 1. The summed E-state index contributed by atoms with van der Waals surface area (Å²) in [5.41, 5.74) is 2.07. The molecule has 0 aliphatic carbocycles. The van der Waals surface area contributed by atoms with E-state index in [9.17, 15) is 0 Å². The standard InChI is InChI=1S/C18H25ClN4O/c1-12-13(2)24-16(23-12)10-21-17(20-5)22-11-18(3,4)14-6-8-15(19)9-7-14/h6-9H,10-11H2,1-5H3,(H2,20,21,22). The van der Waals surface area contributed by atoms with Gasteiger partial charge < -0.3 is 15.1 Å². The Labute approximate surface area is 148 Å². The predicted molar refractivity (Wildman–Crippen MR) is 98.7 cm³/mol. The quantitative estimate of drug-likeness (QED) is 0.640. The van der Waals surface area contributed by atoms with Gasteiger partial charge in [0.1, 0.15) is 5.76 Å². The van der Waals surface area contributed by atoms with Crippen LogP contribution in [0.2, 0.25) is 5.02 Å². The van der Waals surface area contributed by atoms with Crippen LogP contribution in [0.3, 0.4) is 0 Å². The lowest BCUT2D eigenvalue weighted by molar-refractivity contribution is 0.461. The number of halogens is 1. The minimum atomic E-state index is -0.0572. The number of hydrogen-bond donors (Lipinski definition) is 2. The summed E-state index contributed by atoms with van der Waals surface area (Å²) in [6.07, 6.45) is 0. The van der Waals surface area contributed by atoms with Gasteiger partial charge in [0.05, 0.1) is 12.2 Å². The molecule has 0 aliphatic heterocycles. The van der Waals surface area contributed by atoms with Gasteiger partial charge in [-0.3, -0.25) is 4.99 Å². The lowest BCUT2D eigenvalue weighted by Gasteiger charge is -2.26. The van der Waals surface area contributed by atoms with Gasteiger partial charge in [0.15, 0.2) is 5.96 Å². The van der Waals surface area contributed by atoms with Crippen LogP contribution in [-0.4, -0.2) is 24.5 Å². The van der Waals surface area contributed by atoms with Crippen molar-refractivity contribution in [2.24, 2.45) is 4.99 Å². The van der Waals surface area contributed by atoms with Crippen molar-refractivity contribution in [1.29, 1.82) is 0 Å². The van der Waals surface area contributed by atoms with Gasteiger partial charge in [-0.2, -0.15) is 0 Å². The number of aryl methyl sites for hydroxylation is 2. The van der Waals surface area contributed by atoms with Crippen LogP contribution in [0.5, 0.6) is 0 Å². The zero-order valence-electron chi connectivity index (χ0n) is 14.9. The molecular formula is C18H25ClN4O. The van der Waals surface area contributed by atoms with E-state index in [2.05, 4.69) is 46.6 Å². The van der Waals surface area contributed by atoms with Crippen LogP contribution in [0.4, 0.5) is 0 Å². The average molecular weight is 349 g/mol. The van der Waals surface area contributed by atoms with Crippen LogP contribution in [0, 0.1) is 13.8 Å². The maximum atomic E-state index is 5.96. The third-order valence-electron chi connectivity index (χ3n) is 4.03. The van der Waals surface area contributed by atoms with E-state index in [1.165, 1.54) is 5.56 Å². The summed E-state index contributed by atoms with van der Waals surface area (Å²) in [5.74, 6) is 2.22. The summed E-state index contributed by atoms with van der Waals surface area (Å²) in [4.78, 5) is 8.60. The predicted octanol–water partition coefficient (Wildman–Crippen LogP) is 3.59. The lowest BCUT2D eigenvalue weighted by Crippen LogP contribution is -2.43. The topological polar surface area (TPSA) is 62.5 Å². The molecule has 0 radical (unpaired) electrons. The van der Waals surface area contributed by atoms with Gasteiger partial charge in [-0.1, -0.05) is 37.6 Å². The highest BCUT2D eigenvalue weighted by atomic mass is 35.5. The van der Waals surface area contributed by atoms with Crippen molar-refractivity contribution < 1.29 is 4.42 Å². The van der Waals surface area contributed by atoms with Crippen molar-refractivity contribution >= 4 is 17.6 Å². The second-order valence-corrected chi connectivity index (χ2v) is 6.86. The molecule has 1 aromatic carbocycles. The van der Waals surface area contributed by atoms with E-state index in [0.29, 0.717) is 18.4 Å². The maximum Gasteiger partial charge on any atom is 0.214 e. The fourth-order valence-electron chi connectivity index (χ4n) is 2.30. The molecule has 24 heavy (non-hydrogen) atoms. The minimum Gasteiger partial charge on any atom is -0.444 e. The molecule has 0 fully saturated rings. The van der Waals surface area contributed by atoms with Crippen molar-refractivity contribution in [2.45, 2.75) is 39.7 Å². The largest absolute Gasteiger partial charge is 0.444 e. The molecule has 0 aliphatic rings. The molecule has 5 nitrogen and oxygen atoms in total. The van der Waals surface area contributed by atoms with Crippen molar-refractivity contribution in [2.75, 3.05) is 13.6 Å². The van der Waals surface area contributed by atoms with Crippen molar-refractivity contribution in [3.05, 3.63) is 52.2 Å². The first-order chi connectivity index (χ1) is 11.3. The lowest BCUT2D eigenvalue weighted by atomic mass is 9.85. The normalized spacial score (nSPS) is 12.3. The highest BCUT2D eigenvalue weighted by Gasteiger charge is 2.21. The molecule has 0 saturated heterocycles. The molecule has 0 amide bonds. The van der Waals surface area contributed by atoms with Crippen LogP contribution in [0.1, 0.15) is 36.8 Å². The Morgan fingerprint density at radius 1 is 1.21 bits per heavy atom. The van der Waals surface area contributed by atoms with E-state index in [1.54, 1.807) is 7.05 Å². The van der Waals surface area contributed by atoms with Crippen LogP contribution in [0.15, 0.2) is 33.7 Å². The average Bonchev–Trinajstić information content (AvgIpc) is 2.86. The van der Waals surface area contributed by atoms with Crippen molar-refractivity contribution in [3.8, 4) is 0 Å². The minimum absolute atomic E-state index is 0.0572. The fourth-order valence-corrected chi connectivity index (χ4v) is 2.43. The van der Waals surface area contributed by atoms with E-state index in [4.69, 9.17) is 16.0 Å². The van der Waals surface area contributed by atoms with Crippen molar-refractivity contribution in [1.82, 2.24) is 15.6 Å². The summed E-state index contributed by atoms with van der Waals surface area (Å²) in [6, 6.07) is 7.94. The third kappa shape index (κ3) is 4.74. The molecule has 6 heteroatoms. The Morgan fingerprint density at radius 2 is 1.88 bits per heavy atom. The number of nitrogens with zero attached hydrogens (tertiary/aromatic N) is 2. The van der Waals surface area contributed by atoms with Gasteiger partial charge >= 0.3 is 0 Å². The second-order valence-electron chi connectivity index (χ2n) is 6.42. The van der Waals surface area contributed by atoms with Crippen LogP contribution >= 0.6 is 11.6 Å². The molecule has 130 valence electrons. The molecule has 1 aromatic heterocycles. The maximum absolute atomic E-state index is 5.96. The summed E-state index contributed by atoms with van der Waals surface area (Å²) in [6.45, 7) is 9.43. The molecule has 0 bridgehead atoms. The van der Waals surface area contributed by atoms with Gasteiger partial charge in [-0.15, -0.1) is 0 Å². The Kier molecular flexibility index (Phi) is 5.89. The van der Waals surface area contributed by atoms with Crippen LogP contribution in [-0.2, 0) is 12.0 Å². The number of hydrogen-bond acceptors (Lipinski definition) is 3. The van der Waals surface area contributed by atoms with Gasteiger partial charge in [-0.25, -0.2) is 4.98 Å². The first-order valence-corrected chi connectivity index (χ1v) is 8.33. The van der Waals surface area contributed by atoms with E-state index in [-0.39, 0.29) is 5.41 Å². The summed E-state index contributed by atoms with van der Waals surface area (Å²) >= 11 is 5.96. The molecule has 2 N–H and O–H groups in total. The van der Waals surface area contributed by atoms with E-state index in [0.717, 1.165) is 23.0 Å². The van der Waals surface area contributed by atoms with E-state index in [1.807, 2.05) is 26.0 Å². The number of benzene rings is 1. The summed E-state index contributed by atoms with van der Waals surface area (Å²) in [5, 5.41) is 7.32. The van der Waals surface area contributed by atoms with E-state index >= 15 is 0 Å². The molecule has 2 aromatic rings. The molecule has 1 heterocycles. The number of rotatable bonds is 5. The Balaban J connectivity index is 1.91. The zero-order chi connectivity index (χ0) is 17.7. The monoisotopic (exact) mass is 348 g/mol. The van der Waals surface area contributed by atoms with Gasteiger partial charge in [-0.05, 0) is 31.5 Å². The van der Waals surface area contributed by atoms with Crippen LogP contribution < -0.4 is 10.6 Å². The smallest absolute Gasteiger partial charge is 0.214 e. The highest BCUT2D eigenvalue weighted by Crippen LogP contribution is 2.23. The first-order valence-electron chi connectivity index (χ1n) is 7.95. The number of aliphatic imine (C=N–C) groups is 1. The SMILES string of the molecule is CN=C(NCc1nc(C)c(C)o1)NCC(C)(C)c1ccc(Cl)cc1. The summed E-state index contributed by atoms with van der Waals surface area (Å²) in [7, 11) is 1.75. The second kappa shape index (κ2) is 7.71. The highest BCUT2D eigenvalue weighted by molar-refractivity contribution is 6.30. The third-order valence-corrected chi connectivity index (χ3v) is 4.28. The van der Waals surface area contributed by atoms with E-state index < -0.39 is 0 Å². The summed E-state index contributed by atoms with van der Waals surface area (Å²) < 4.78 is 5.57. The Hall–Kier alpha value is -2.01. The van der Waals surface area contributed by atoms with Crippen molar-refractivity contribution in [3.63, 3.8) is 0 Å². The molecule has 0 unspecified atom stereocenters. The molecule has 0 atom stereocenters. The van der Waals surface area contributed by atoms with Gasteiger partial charge in [0.2, 0.25) is 5.89 Å². The number of oxazole rings is 1. The van der Waals surface area contributed by atoms with Crippen LogP contribution in [0.25, 0.3) is 0 Å². The molecular weight excluding hydrogens is 324 g/mol. The zero-order valence-corrected chi connectivity index (χ0v) is 15.7. The van der Waals surface area contributed by atoms with Gasteiger partial charge in [0, 0.05) is 24.0 Å². The molecule has 2 rings (SSSR count). The number of nitrogens with one attached hydrogen (secondary N) is 2.